The highest BCUT2D eigenvalue weighted by atomic mass is 79.9. The van der Waals surface area contributed by atoms with Gasteiger partial charge in [0.05, 0.1) is 0 Å². The van der Waals surface area contributed by atoms with E-state index in [1.54, 1.807) is 0 Å². The second-order valence-corrected chi connectivity index (χ2v) is 12.6. The highest BCUT2D eigenvalue weighted by Crippen LogP contribution is 2.34. The van der Waals surface area contributed by atoms with Gasteiger partial charge in [-0.3, -0.25) is 0 Å². The maximum atomic E-state index is 3.64. The molecule has 6 rings (SSSR count). The fraction of sp³-hybridized carbons (Fsp3) is 0.0233. The molecular formula is C43H32Br2. The SMILES string of the molecule is Brc1ccc(C(=CC(C=C(c2ccccc2)c2ccccc2)C=C(c2ccccc2)c2ccccc2)c2ccc(Br)cc2)cc1. The van der Waals surface area contributed by atoms with E-state index in [0.717, 1.165) is 20.1 Å². The molecule has 0 fully saturated rings. The first-order valence-corrected chi connectivity index (χ1v) is 16.6. The first-order chi connectivity index (χ1) is 22.1. The normalized spacial score (nSPS) is 10.6. The van der Waals surface area contributed by atoms with Gasteiger partial charge in [0, 0.05) is 14.9 Å². The minimum atomic E-state index is -0.0573. The van der Waals surface area contributed by atoms with Crippen LogP contribution < -0.4 is 0 Å². The van der Waals surface area contributed by atoms with Crippen LogP contribution in [0, 0.1) is 5.92 Å². The van der Waals surface area contributed by atoms with Crippen LogP contribution in [0.5, 0.6) is 0 Å². The van der Waals surface area contributed by atoms with E-state index in [2.05, 4.69) is 220 Å². The molecule has 0 amide bonds. The number of hydrogen-bond acceptors (Lipinski definition) is 0. The van der Waals surface area contributed by atoms with Gasteiger partial charge in [0.15, 0.2) is 0 Å². The van der Waals surface area contributed by atoms with E-state index in [1.165, 1.54) is 39.0 Å². The third-order valence-corrected chi connectivity index (χ3v) is 8.78. The van der Waals surface area contributed by atoms with Gasteiger partial charge in [0.25, 0.3) is 0 Å². The molecule has 0 atom stereocenters. The van der Waals surface area contributed by atoms with E-state index in [0.29, 0.717) is 0 Å². The van der Waals surface area contributed by atoms with Crippen molar-refractivity contribution in [3.63, 3.8) is 0 Å². The lowest BCUT2D eigenvalue weighted by atomic mass is 9.87. The molecule has 0 aliphatic heterocycles. The van der Waals surface area contributed by atoms with Crippen molar-refractivity contribution in [3.8, 4) is 0 Å². The maximum absolute atomic E-state index is 3.64. The monoisotopic (exact) mass is 706 g/mol. The van der Waals surface area contributed by atoms with Gasteiger partial charge in [-0.25, -0.2) is 0 Å². The Balaban J connectivity index is 1.64. The van der Waals surface area contributed by atoms with E-state index in [-0.39, 0.29) is 5.92 Å². The quantitative estimate of drug-likeness (QED) is 0.140. The van der Waals surface area contributed by atoms with Crippen LogP contribution in [0.15, 0.2) is 197 Å². The Morgan fingerprint density at radius 2 is 0.533 bits per heavy atom. The average molecular weight is 709 g/mol. The van der Waals surface area contributed by atoms with Gasteiger partial charge in [-0.15, -0.1) is 0 Å². The number of hydrogen-bond donors (Lipinski definition) is 0. The molecule has 6 aromatic rings. The third-order valence-electron chi connectivity index (χ3n) is 7.73. The summed E-state index contributed by atoms with van der Waals surface area (Å²) in [5.41, 5.74) is 10.6. The zero-order chi connectivity index (χ0) is 30.8. The zero-order valence-electron chi connectivity index (χ0n) is 24.7. The van der Waals surface area contributed by atoms with Gasteiger partial charge < -0.3 is 0 Å². The van der Waals surface area contributed by atoms with E-state index in [1.807, 2.05) is 0 Å². The largest absolute Gasteiger partial charge is 0.0653 e. The smallest absolute Gasteiger partial charge is 0.0175 e. The molecule has 0 spiro atoms. The summed E-state index contributed by atoms with van der Waals surface area (Å²) in [6, 6.07) is 60.0. The molecule has 2 heteroatoms. The second-order valence-electron chi connectivity index (χ2n) is 10.8. The lowest BCUT2D eigenvalue weighted by molar-refractivity contribution is 1.07. The number of benzene rings is 6. The summed E-state index contributed by atoms with van der Waals surface area (Å²) in [4.78, 5) is 0. The van der Waals surface area contributed by atoms with Crippen molar-refractivity contribution in [1.82, 2.24) is 0 Å². The summed E-state index contributed by atoms with van der Waals surface area (Å²) in [6.07, 6.45) is 7.23. The van der Waals surface area contributed by atoms with Crippen LogP contribution in [0.4, 0.5) is 0 Å². The minimum Gasteiger partial charge on any atom is -0.0653 e. The molecule has 0 unspecified atom stereocenters. The summed E-state index contributed by atoms with van der Waals surface area (Å²) in [5.74, 6) is -0.0573. The molecule has 0 saturated carbocycles. The van der Waals surface area contributed by atoms with Crippen molar-refractivity contribution in [1.29, 1.82) is 0 Å². The fourth-order valence-electron chi connectivity index (χ4n) is 5.53. The van der Waals surface area contributed by atoms with Crippen molar-refractivity contribution in [2.45, 2.75) is 0 Å². The molecule has 0 radical (unpaired) electrons. The third kappa shape index (κ3) is 7.97. The Morgan fingerprint density at radius 3 is 0.778 bits per heavy atom. The number of allylic oxidation sites excluding steroid dienone is 3. The van der Waals surface area contributed by atoms with Gasteiger partial charge >= 0.3 is 0 Å². The molecular weight excluding hydrogens is 676 g/mol. The minimum absolute atomic E-state index is 0.0573. The van der Waals surface area contributed by atoms with Gasteiger partial charge in [0.2, 0.25) is 0 Å². The molecule has 0 bridgehead atoms. The summed E-state index contributed by atoms with van der Waals surface area (Å²) in [5, 5.41) is 0. The van der Waals surface area contributed by atoms with E-state index in [4.69, 9.17) is 0 Å². The predicted molar refractivity (Wildman–Crippen MR) is 199 cm³/mol. The molecule has 0 saturated heterocycles. The van der Waals surface area contributed by atoms with Crippen molar-refractivity contribution >= 4 is 48.6 Å². The highest BCUT2D eigenvalue weighted by molar-refractivity contribution is 9.10. The van der Waals surface area contributed by atoms with Crippen LogP contribution in [-0.4, -0.2) is 0 Å². The fourth-order valence-corrected chi connectivity index (χ4v) is 6.06. The molecule has 0 heterocycles. The molecule has 0 aromatic heterocycles. The molecule has 218 valence electrons. The van der Waals surface area contributed by atoms with Crippen LogP contribution >= 0.6 is 31.9 Å². The first kappa shape index (κ1) is 30.5. The standard InChI is InChI=1S/C43H32Br2/c44-39-25-21-37(22-26-39)43(38-23-27-40(45)28-24-38)31-32(29-41(33-13-5-1-6-14-33)34-15-7-2-8-16-34)30-42(35-17-9-3-10-18-35)36-19-11-4-12-20-36/h1-32H. The summed E-state index contributed by atoms with van der Waals surface area (Å²) < 4.78 is 2.12. The van der Waals surface area contributed by atoms with Crippen molar-refractivity contribution < 1.29 is 0 Å². The van der Waals surface area contributed by atoms with Crippen LogP contribution in [-0.2, 0) is 0 Å². The lowest BCUT2D eigenvalue weighted by Crippen LogP contribution is -1.99. The molecule has 0 aliphatic rings. The molecule has 0 aliphatic carbocycles. The molecule has 0 N–H and O–H groups in total. The van der Waals surface area contributed by atoms with Crippen molar-refractivity contribution in [3.05, 3.63) is 230 Å². The molecule has 0 nitrogen and oxygen atoms in total. The van der Waals surface area contributed by atoms with Crippen molar-refractivity contribution in [2.24, 2.45) is 5.92 Å². The van der Waals surface area contributed by atoms with Gasteiger partial charge in [0.1, 0.15) is 0 Å². The van der Waals surface area contributed by atoms with Crippen molar-refractivity contribution in [2.75, 3.05) is 0 Å². The Kier molecular flexibility index (Phi) is 10.2. The number of halogens is 2. The lowest BCUT2D eigenvalue weighted by Gasteiger charge is -2.17. The summed E-state index contributed by atoms with van der Waals surface area (Å²) >= 11 is 7.27. The first-order valence-electron chi connectivity index (χ1n) is 15.0. The summed E-state index contributed by atoms with van der Waals surface area (Å²) in [6.45, 7) is 0. The highest BCUT2D eigenvalue weighted by Gasteiger charge is 2.14. The summed E-state index contributed by atoms with van der Waals surface area (Å²) in [7, 11) is 0. The van der Waals surface area contributed by atoms with Gasteiger partial charge in [-0.1, -0.05) is 196 Å². The number of rotatable bonds is 9. The van der Waals surface area contributed by atoms with E-state index < -0.39 is 0 Å². The topological polar surface area (TPSA) is 0 Å². The zero-order valence-corrected chi connectivity index (χ0v) is 27.9. The Labute approximate surface area is 283 Å². The van der Waals surface area contributed by atoms with Crippen LogP contribution in [0.1, 0.15) is 33.4 Å². The maximum Gasteiger partial charge on any atom is 0.0175 e. The second kappa shape index (κ2) is 15.0. The van der Waals surface area contributed by atoms with E-state index in [9.17, 15) is 0 Å². The molecule has 6 aromatic carbocycles. The van der Waals surface area contributed by atoms with E-state index >= 15 is 0 Å². The van der Waals surface area contributed by atoms with Gasteiger partial charge in [-0.05, 0) is 74.4 Å². The average Bonchev–Trinajstić information content (AvgIpc) is 3.10. The van der Waals surface area contributed by atoms with Crippen LogP contribution in [0.25, 0.3) is 16.7 Å². The Morgan fingerprint density at radius 1 is 0.311 bits per heavy atom. The Hall–Kier alpha value is -4.50. The van der Waals surface area contributed by atoms with Crippen LogP contribution in [0.2, 0.25) is 0 Å². The Bertz CT molecular complexity index is 1680. The predicted octanol–water partition coefficient (Wildman–Crippen LogP) is 12.5. The van der Waals surface area contributed by atoms with Gasteiger partial charge in [-0.2, -0.15) is 0 Å². The van der Waals surface area contributed by atoms with Crippen LogP contribution in [0.3, 0.4) is 0 Å². The molecule has 45 heavy (non-hydrogen) atoms.